The van der Waals surface area contributed by atoms with Crippen molar-refractivity contribution in [3.63, 3.8) is 0 Å². The Morgan fingerprint density at radius 2 is 1.89 bits per heavy atom. The van der Waals surface area contributed by atoms with Crippen LogP contribution < -0.4 is 5.73 Å². The third-order valence-corrected chi connectivity index (χ3v) is 3.43. The fraction of sp³-hybridized carbons (Fsp3) is 0. The Balaban J connectivity index is 2.42. The van der Waals surface area contributed by atoms with Gasteiger partial charge in [0, 0.05) is 0 Å². The first-order valence-corrected chi connectivity index (χ1v) is 6.21. The Morgan fingerprint density at radius 3 is 2.68 bits per heavy atom. The smallest absolute Gasteiger partial charge is 0.206 e. The van der Waals surface area contributed by atoms with Gasteiger partial charge in [-0.25, -0.2) is 9.37 Å². The molecule has 0 radical (unpaired) electrons. The van der Waals surface area contributed by atoms with Crippen LogP contribution in [0.2, 0.25) is 10.0 Å². The van der Waals surface area contributed by atoms with Crippen molar-refractivity contribution in [2.75, 3.05) is 5.73 Å². The fourth-order valence-electron chi connectivity index (χ4n) is 2.00. The molecular weight excluding hydrogens is 288 g/mol. The van der Waals surface area contributed by atoms with Gasteiger partial charge in [0.25, 0.3) is 0 Å². The van der Waals surface area contributed by atoms with Crippen molar-refractivity contribution in [3.05, 3.63) is 52.3 Å². The van der Waals surface area contributed by atoms with Gasteiger partial charge in [0.1, 0.15) is 5.82 Å². The molecule has 0 amide bonds. The Morgan fingerprint density at radius 1 is 1.11 bits per heavy atom. The van der Waals surface area contributed by atoms with Gasteiger partial charge in [-0.1, -0.05) is 29.3 Å². The Kier molecular flexibility index (Phi) is 2.84. The van der Waals surface area contributed by atoms with E-state index in [9.17, 15) is 4.39 Å². The largest absolute Gasteiger partial charge is 0.369 e. The van der Waals surface area contributed by atoms with Crippen molar-refractivity contribution in [1.29, 1.82) is 0 Å². The maximum atomic E-state index is 13.4. The van der Waals surface area contributed by atoms with Gasteiger partial charge in [0.05, 0.1) is 26.8 Å². The van der Waals surface area contributed by atoms with Crippen molar-refractivity contribution in [3.8, 4) is 5.69 Å². The predicted molar refractivity (Wildman–Crippen MR) is 75.5 cm³/mol. The Bertz CT molecular complexity index is 783. The van der Waals surface area contributed by atoms with Crippen LogP contribution in [0.5, 0.6) is 0 Å². The normalized spacial score (nSPS) is 11.1. The number of hydrogen-bond donors (Lipinski definition) is 1. The molecule has 0 aliphatic carbocycles. The third-order valence-electron chi connectivity index (χ3n) is 2.80. The molecule has 0 bridgehead atoms. The van der Waals surface area contributed by atoms with Gasteiger partial charge < -0.3 is 5.73 Å². The summed E-state index contributed by atoms with van der Waals surface area (Å²) in [5, 5.41) is 0.842. The van der Waals surface area contributed by atoms with Gasteiger partial charge >= 0.3 is 0 Å². The lowest BCUT2D eigenvalue weighted by atomic mass is 10.2. The summed E-state index contributed by atoms with van der Waals surface area (Å²) < 4.78 is 14.9. The van der Waals surface area contributed by atoms with Crippen molar-refractivity contribution >= 4 is 40.2 Å². The number of nitrogen functional groups attached to an aromatic ring is 1. The SMILES string of the molecule is Nc1nc2cccc(Cl)c2n1-c1cc(F)ccc1Cl. The lowest BCUT2D eigenvalue weighted by Crippen LogP contribution is -2.02. The molecule has 96 valence electrons. The average molecular weight is 296 g/mol. The third kappa shape index (κ3) is 1.93. The second kappa shape index (κ2) is 4.40. The van der Waals surface area contributed by atoms with E-state index in [-0.39, 0.29) is 5.95 Å². The molecule has 19 heavy (non-hydrogen) atoms. The first-order chi connectivity index (χ1) is 9.08. The molecule has 0 fully saturated rings. The quantitative estimate of drug-likeness (QED) is 0.736. The fourth-order valence-corrected chi connectivity index (χ4v) is 2.46. The topological polar surface area (TPSA) is 43.8 Å². The van der Waals surface area contributed by atoms with Gasteiger partial charge in [0.2, 0.25) is 5.95 Å². The number of halogens is 3. The van der Waals surface area contributed by atoms with E-state index in [0.717, 1.165) is 0 Å². The number of nitrogens with zero attached hydrogens (tertiary/aromatic N) is 2. The summed E-state index contributed by atoms with van der Waals surface area (Å²) in [4.78, 5) is 4.20. The number of benzene rings is 2. The van der Waals surface area contributed by atoms with Gasteiger partial charge in [-0.15, -0.1) is 0 Å². The van der Waals surface area contributed by atoms with E-state index in [0.29, 0.717) is 26.8 Å². The van der Waals surface area contributed by atoms with Gasteiger partial charge in [0.15, 0.2) is 0 Å². The van der Waals surface area contributed by atoms with Crippen molar-refractivity contribution in [1.82, 2.24) is 9.55 Å². The molecule has 2 aromatic carbocycles. The minimum atomic E-state index is -0.410. The first kappa shape index (κ1) is 12.3. The maximum Gasteiger partial charge on any atom is 0.206 e. The number of aromatic nitrogens is 2. The van der Waals surface area contributed by atoms with E-state index in [2.05, 4.69) is 4.98 Å². The molecule has 0 aliphatic rings. The molecule has 3 aromatic rings. The molecule has 1 aromatic heterocycles. The summed E-state index contributed by atoms with van der Waals surface area (Å²) in [6.45, 7) is 0. The second-order valence-corrected chi connectivity index (χ2v) is 4.82. The zero-order chi connectivity index (χ0) is 13.6. The zero-order valence-electron chi connectivity index (χ0n) is 9.57. The Labute approximate surface area is 118 Å². The molecule has 0 spiro atoms. The molecule has 3 rings (SSSR count). The average Bonchev–Trinajstić information content (AvgIpc) is 2.70. The number of imidazole rings is 1. The van der Waals surface area contributed by atoms with Crippen LogP contribution in [-0.2, 0) is 0 Å². The molecule has 0 saturated carbocycles. The van der Waals surface area contributed by atoms with E-state index in [4.69, 9.17) is 28.9 Å². The van der Waals surface area contributed by atoms with E-state index in [1.807, 2.05) is 0 Å². The number of hydrogen-bond acceptors (Lipinski definition) is 2. The van der Waals surface area contributed by atoms with E-state index in [1.54, 1.807) is 22.8 Å². The van der Waals surface area contributed by atoms with E-state index >= 15 is 0 Å². The van der Waals surface area contributed by atoms with E-state index in [1.165, 1.54) is 18.2 Å². The highest BCUT2D eigenvalue weighted by molar-refractivity contribution is 6.35. The molecule has 0 saturated heterocycles. The summed E-state index contributed by atoms with van der Waals surface area (Å²) in [7, 11) is 0. The number of anilines is 1. The summed E-state index contributed by atoms with van der Waals surface area (Å²) in [6.07, 6.45) is 0. The summed E-state index contributed by atoms with van der Waals surface area (Å²) >= 11 is 12.3. The summed E-state index contributed by atoms with van der Waals surface area (Å²) in [6, 6.07) is 9.31. The van der Waals surface area contributed by atoms with E-state index < -0.39 is 5.82 Å². The highest BCUT2D eigenvalue weighted by Gasteiger charge is 2.15. The van der Waals surface area contributed by atoms with Crippen LogP contribution in [0.15, 0.2) is 36.4 Å². The van der Waals surface area contributed by atoms with Crippen molar-refractivity contribution < 1.29 is 4.39 Å². The first-order valence-electron chi connectivity index (χ1n) is 5.46. The van der Waals surface area contributed by atoms with Crippen LogP contribution >= 0.6 is 23.2 Å². The van der Waals surface area contributed by atoms with Gasteiger partial charge in [-0.05, 0) is 30.3 Å². The molecule has 3 nitrogen and oxygen atoms in total. The summed E-state index contributed by atoms with van der Waals surface area (Å²) in [5.41, 5.74) is 7.53. The van der Waals surface area contributed by atoms with Crippen LogP contribution in [0.25, 0.3) is 16.7 Å². The van der Waals surface area contributed by atoms with Gasteiger partial charge in [-0.2, -0.15) is 0 Å². The van der Waals surface area contributed by atoms with Crippen LogP contribution in [0.1, 0.15) is 0 Å². The number of para-hydroxylation sites is 1. The van der Waals surface area contributed by atoms with Crippen LogP contribution in [-0.4, -0.2) is 9.55 Å². The summed E-state index contributed by atoms with van der Waals surface area (Å²) in [5.74, 6) is -0.205. The maximum absolute atomic E-state index is 13.4. The van der Waals surface area contributed by atoms with Crippen molar-refractivity contribution in [2.24, 2.45) is 0 Å². The van der Waals surface area contributed by atoms with Crippen LogP contribution in [0, 0.1) is 5.82 Å². The second-order valence-electron chi connectivity index (χ2n) is 4.01. The highest BCUT2D eigenvalue weighted by Crippen LogP contribution is 2.32. The predicted octanol–water partition coefficient (Wildman–Crippen LogP) is 4.05. The highest BCUT2D eigenvalue weighted by atomic mass is 35.5. The molecule has 0 unspecified atom stereocenters. The molecule has 6 heteroatoms. The minimum Gasteiger partial charge on any atom is -0.369 e. The van der Waals surface area contributed by atoms with Crippen molar-refractivity contribution in [2.45, 2.75) is 0 Å². The molecular formula is C13H8Cl2FN3. The van der Waals surface area contributed by atoms with Gasteiger partial charge in [-0.3, -0.25) is 4.57 Å². The van der Waals surface area contributed by atoms with Crippen LogP contribution in [0.3, 0.4) is 0 Å². The molecule has 2 N–H and O–H groups in total. The number of rotatable bonds is 1. The Hall–Kier alpha value is -1.78. The monoisotopic (exact) mass is 295 g/mol. The zero-order valence-corrected chi connectivity index (χ0v) is 11.1. The number of fused-ring (bicyclic) bond motifs is 1. The molecule has 0 aliphatic heterocycles. The lowest BCUT2D eigenvalue weighted by Gasteiger charge is -2.09. The standard InChI is InChI=1S/C13H8Cl2FN3/c14-8-5-4-7(16)6-11(8)19-12-9(15)2-1-3-10(12)18-13(19)17/h1-6H,(H2,17,18). The molecule has 0 atom stereocenters. The van der Waals surface area contributed by atoms with Crippen LogP contribution in [0.4, 0.5) is 10.3 Å². The molecule has 1 heterocycles. The number of nitrogens with two attached hydrogens (primary N) is 1. The lowest BCUT2D eigenvalue weighted by molar-refractivity contribution is 0.627. The minimum absolute atomic E-state index is 0.204.